The van der Waals surface area contributed by atoms with Gasteiger partial charge in [0, 0.05) is 11.4 Å². The summed E-state index contributed by atoms with van der Waals surface area (Å²) in [6.45, 7) is 5.15. The minimum Gasteiger partial charge on any atom is -0.354 e. The van der Waals surface area contributed by atoms with Gasteiger partial charge in [-0.1, -0.05) is 18.5 Å². The molecule has 1 atom stereocenters. The van der Waals surface area contributed by atoms with E-state index in [4.69, 9.17) is 11.6 Å². The minimum atomic E-state index is 0.600. The number of nitrogens with one attached hydrogen (secondary N) is 1. The number of hydrogen-bond donors (Lipinski definition) is 1. The summed E-state index contributed by atoms with van der Waals surface area (Å²) in [5, 5.41) is 4.82. The van der Waals surface area contributed by atoms with Crippen molar-refractivity contribution in [2.75, 3.05) is 11.9 Å². The average molecular weight is 282 g/mol. The van der Waals surface area contributed by atoms with Gasteiger partial charge in [-0.15, -0.1) is 11.3 Å². The van der Waals surface area contributed by atoms with Crippen molar-refractivity contribution >= 4 is 39.1 Å². The largest absolute Gasteiger partial charge is 0.354 e. The van der Waals surface area contributed by atoms with Gasteiger partial charge in [-0.2, -0.15) is 0 Å². The predicted octanol–water partition coefficient (Wildman–Crippen LogP) is 3.90. The lowest BCUT2D eigenvalue weighted by Gasteiger charge is -2.17. The van der Waals surface area contributed by atoms with Crippen LogP contribution < -0.4 is 5.32 Å². The molecule has 0 aliphatic heterocycles. The molecule has 18 heavy (non-hydrogen) atoms. The third kappa shape index (κ3) is 1.97. The highest BCUT2D eigenvalue weighted by molar-refractivity contribution is 7.19. The fourth-order valence-corrected chi connectivity index (χ4v) is 4.26. The number of anilines is 1. The summed E-state index contributed by atoms with van der Waals surface area (Å²) in [5.74, 6) is 1.41. The standard InChI is InChI=1S/C13H16ClN3S/c1-3-15-13-16-11(14)10-8-5-4-7(2)6-9(8)18-12(10)17-13/h7H,3-6H2,1-2H3,(H,15,16,17). The molecule has 0 radical (unpaired) electrons. The molecule has 0 bridgehead atoms. The van der Waals surface area contributed by atoms with Crippen LogP contribution in [0.15, 0.2) is 0 Å². The number of rotatable bonds is 2. The topological polar surface area (TPSA) is 37.8 Å². The first-order valence-corrected chi connectivity index (χ1v) is 7.60. The minimum absolute atomic E-state index is 0.600. The SMILES string of the molecule is CCNc1nc(Cl)c2c3c(sc2n1)CC(C)CC3. The van der Waals surface area contributed by atoms with Gasteiger partial charge in [0.15, 0.2) is 0 Å². The molecule has 0 amide bonds. The highest BCUT2D eigenvalue weighted by Gasteiger charge is 2.23. The van der Waals surface area contributed by atoms with E-state index >= 15 is 0 Å². The van der Waals surface area contributed by atoms with Crippen LogP contribution in [0.4, 0.5) is 5.95 Å². The van der Waals surface area contributed by atoms with Crippen molar-refractivity contribution in [1.29, 1.82) is 0 Å². The molecule has 0 spiro atoms. The van der Waals surface area contributed by atoms with Gasteiger partial charge in [0.2, 0.25) is 5.95 Å². The Morgan fingerprint density at radius 2 is 2.28 bits per heavy atom. The van der Waals surface area contributed by atoms with E-state index in [0.29, 0.717) is 11.1 Å². The van der Waals surface area contributed by atoms with Crippen molar-refractivity contribution in [3.05, 3.63) is 15.6 Å². The van der Waals surface area contributed by atoms with E-state index in [1.54, 1.807) is 11.3 Å². The van der Waals surface area contributed by atoms with Crippen LogP contribution >= 0.6 is 22.9 Å². The first-order chi connectivity index (χ1) is 8.69. The quantitative estimate of drug-likeness (QED) is 0.849. The second kappa shape index (κ2) is 4.67. The second-order valence-electron chi connectivity index (χ2n) is 4.90. The Kier molecular flexibility index (Phi) is 3.16. The van der Waals surface area contributed by atoms with Gasteiger partial charge < -0.3 is 5.32 Å². The molecule has 0 aromatic carbocycles. The van der Waals surface area contributed by atoms with E-state index in [2.05, 4.69) is 22.2 Å². The Labute approximate surface area is 116 Å². The fourth-order valence-electron chi connectivity index (χ4n) is 2.54. The lowest BCUT2D eigenvalue weighted by Crippen LogP contribution is -2.08. The molecule has 1 unspecified atom stereocenters. The third-order valence-electron chi connectivity index (χ3n) is 3.45. The van der Waals surface area contributed by atoms with Crippen molar-refractivity contribution in [2.24, 2.45) is 5.92 Å². The van der Waals surface area contributed by atoms with Crippen LogP contribution in [0, 0.1) is 5.92 Å². The lowest BCUT2D eigenvalue weighted by atomic mass is 9.89. The highest BCUT2D eigenvalue weighted by Crippen LogP contribution is 2.40. The molecule has 2 heterocycles. The molecule has 5 heteroatoms. The van der Waals surface area contributed by atoms with Gasteiger partial charge in [0.25, 0.3) is 0 Å². The fraction of sp³-hybridized carbons (Fsp3) is 0.538. The summed E-state index contributed by atoms with van der Waals surface area (Å²) in [6.07, 6.45) is 3.51. The van der Waals surface area contributed by atoms with Gasteiger partial charge >= 0.3 is 0 Å². The van der Waals surface area contributed by atoms with Crippen molar-refractivity contribution in [3.63, 3.8) is 0 Å². The van der Waals surface area contributed by atoms with Crippen molar-refractivity contribution in [1.82, 2.24) is 9.97 Å². The molecule has 1 aliphatic carbocycles. The molecule has 0 saturated carbocycles. The smallest absolute Gasteiger partial charge is 0.225 e. The maximum absolute atomic E-state index is 6.33. The Balaban J connectivity index is 2.16. The van der Waals surface area contributed by atoms with Crippen LogP contribution in [-0.4, -0.2) is 16.5 Å². The zero-order valence-electron chi connectivity index (χ0n) is 10.6. The van der Waals surface area contributed by atoms with Crippen LogP contribution in [0.25, 0.3) is 10.2 Å². The first-order valence-electron chi connectivity index (χ1n) is 6.40. The number of halogens is 1. The van der Waals surface area contributed by atoms with Gasteiger partial charge in [-0.3, -0.25) is 0 Å². The zero-order valence-corrected chi connectivity index (χ0v) is 12.2. The van der Waals surface area contributed by atoms with Crippen molar-refractivity contribution in [3.8, 4) is 0 Å². The summed E-state index contributed by atoms with van der Waals surface area (Å²) in [5.41, 5.74) is 1.39. The molecule has 3 nitrogen and oxygen atoms in total. The van der Waals surface area contributed by atoms with E-state index in [-0.39, 0.29) is 0 Å². The maximum atomic E-state index is 6.33. The van der Waals surface area contributed by atoms with Crippen LogP contribution in [-0.2, 0) is 12.8 Å². The van der Waals surface area contributed by atoms with Gasteiger partial charge in [0.1, 0.15) is 9.98 Å². The Morgan fingerprint density at radius 3 is 3.06 bits per heavy atom. The summed E-state index contributed by atoms with van der Waals surface area (Å²) in [4.78, 5) is 11.4. The van der Waals surface area contributed by atoms with Crippen LogP contribution in [0.1, 0.15) is 30.7 Å². The molecular formula is C13H16ClN3S. The molecular weight excluding hydrogens is 266 g/mol. The number of fused-ring (bicyclic) bond motifs is 3. The van der Waals surface area contributed by atoms with Crippen LogP contribution in [0.3, 0.4) is 0 Å². The Morgan fingerprint density at radius 1 is 1.44 bits per heavy atom. The summed E-state index contributed by atoms with van der Waals surface area (Å²) < 4.78 is 0. The Hall–Kier alpha value is -0.870. The van der Waals surface area contributed by atoms with E-state index in [9.17, 15) is 0 Å². The molecule has 0 fully saturated rings. The highest BCUT2D eigenvalue weighted by atomic mass is 35.5. The van der Waals surface area contributed by atoms with E-state index in [0.717, 1.165) is 35.5 Å². The number of aryl methyl sites for hydroxylation is 1. The molecule has 0 saturated heterocycles. The number of thiophene rings is 1. The van der Waals surface area contributed by atoms with E-state index in [1.807, 2.05) is 6.92 Å². The van der Waals surface area contributed by atoms with Crippen molar-refractivity contribution < 1.29 is 0 Å². The summed E-state index contributed by atoms with van der Waals surface area (Å²) in [6, 6.07) is 0. The second-order valence-corrected chi connectivity index (χ2v) is 6.34. The molecule has 1 N–H and O–H groups in total. The Bertz CT molecular complexity index is 593. The predicted molar refractivity (Wildman–Crippen MR) is 77.8 cm³/mol. The van der Waals surface area contributed by atoms with Crippen LogP contribution in [0.2, 0.25) is 5.15 Å². The van der Waals surface area contributed by atoms with Gasteiger partial charge in [0.05, 0.1) is 5.39 Å². The summed E-state index contributed by atoms with van der Waals surface area (Å²) in [7, 11) is 0. The zero-order chi connectivity index (χ0) is 12.7. The number of hydrogen-bond acceptors (Lipinski definition) is 4. The van der Waals surface area contributed by atoms with E-state index < -0.39 is 0 Å². The molecule has 2 aromatic heterocycles. The third-order valence-corrected chi connectivity index (χ3v) is 4.87. The average Bonchev–Trinajstić information content (AvgIpc) is 2.66. The molecule has 96 valence electrons. The first kappa shape index (κ1) is 12.2. The van der Waals surface area contributed by atoms with Gasteiger partial charge in [-0.05, 0) is 37.7 Å². The normalized spacial score (nSPS) is 18.9. The van der Waals surface area contributed by atoms with Crippen LogP contribution in [0.5, 0.6) is 0 Å². The van der Waals surface area contributed by atoms with Gasteiger partial charge in [-0.25, -0.2) is 9.97 Å². The molecule has 2 aromatic rings. The van der Waals surface area contributed by atoms with E-state index in [1.165, 1.54) is 16.9 Å². The monoisotopic (exact) mass is 281 g/mol. The lowest BCUT2D eigenvalue weighted by molar-refractivity contribution is 0.509. The molecule has 1 aliphatic rings. The number of aromatic nitrogens is 2. The number of nitrogens with zero attached hydrogens (tertiary/aromatic N) is 2. The maximum Gasteiger partial charge on any atom is 0.225 e. The summed E-state index contributed by atoms with van der Waals surface area (Å²) >= 11 is 8.11. The molecule has 3 rings (SSSR count). The van der Waals surface area contributed by atoms with Crippen molar-refractivity contribution in [2.45, 2.75) is 33.1 Å².